The predicted molar refractivity (Wildman–Crippen MR) is 92.1 cm³/mol. The van der Waals surface area contributed by atoms with Gasteiger partial charge in [0.1, 0.15) is 12.1 Å². The lowest BCUT2D eigenvalue weighted by atomic mass is 9.93. The Morgan fingerprint density at radius 2 is 1.95 bits per heavy atom. The van der Waals surface area contributed by atoms with Crippen LogP contribution in [-0.4, -0.2) is 23.9 Å². The quantitative estimate of drug-likeness (QED) is 0.791. The number of para-hydroxylation sites is 1. The second-order valence-electron chi connectivity index (χ2n) is 5.46. The number of halogens is 1. The number of amides is 2. The van der Waals surface area contributed by atoms with E-state index in [9.17, 15) is 9.59 Å². The Hall–Kier alpha value is -1.11. The molecule has 0 saturated carbocycles. The molecule has 114 valence electrons. The van der Waals surface area contributed by atoms with Gasteiger partial charge in [-0.25, -0.2) is 0 Å². The summed E-state index contributed by atoms with van der Waals surface area (Å²) in [4.78, 5) is 27.0. The monoisotopic (exact) mass is 400 g/mol. The Balaban J connectivity index is 2.45. The van der Waals surface area contributed by atoms with Gasteiger partial charge in [0.2, 0.25) is 5.91 Å². The van der Waals surface area contributed by atoms with Crippen LogP contribution in [-0.2, 0) is 9.59 Å². The van der Waals surface area contributed by atoms with Gasteiger partial charge in [0.25, 0.3) is 5.91 Å². The molecule has 3 unspecified atom stereocenters. The SMILES string of the molecule is CCC(C)C1NC(=O)C(CC)N(c2ccccc2I)C1=O. The van der Waals surface area contributed by atoms with E-state index in [4.69, 9.17) is 0 Å². The molecule has 0 bridgehead atoms. The first-order valence-corrected chi connectivity index (χ1v) is 8.47. The molecule has 1 aromatic carbocycles. The van der Waals surface area contributed by atoms with Crippen LogP contribution in [0.1, 0.15) is 33.6 Å². The van der Waals surface area contributed by atoms with Crippen molar-refractivity contribution in [3.05, 3.63) is 27.8 Å². The third-order valence-corrected chi connectivity index (χ3v) is 5.04. The number of benzene rings is 1. The lowest BCUT2D eigenvalue weighted by molar-refractivity contribution is -0.135. The Kier molecular flexibility index (Phi) is 5.24. The summed E-state index contributed by atoms with van der Waals surface area (Å²) in [7, 11) is 0. The molecule has 0 aromatic heterocycles. The van der Waals surface area contributed by atoms with Crippen molar-refractivity contribution >= 4 is 40.1 Å². The molecule has 1 aliphatic heterocycles. The van der Waals surface area contributed by atoms with Crippen molar-refractivity contribution in [3.8, 4) is 0 Å². The van der Waals surface area contributed by atoms with Gasteiger partial charge >= 0.3 is 0 Å². The molecule has 1 N–H and O–H groups in total. The molecule has 0 aliphatic carbocycles. The second kappa shape index (κ2) is 6.77. The van der Waals surface area contributed by atoms with Crippen molar-refractivity contribution in [3.63, 3.8) is 0 Å². The van der Waals surface area contributed by atoms with Crippen LogP contribution in [0.5, 0.6) is 0 Å². The van der Waals surface area contributed by atoms with Crippen molar-refractivity contribution in [2.24, 2.45) is 5.92 Å². The van der Waals surface area contributed by atoms with Crippen molar-refractivity contribution < 1.29 is 9.59 Å². The van der Waals surface area contributed by atoms with Crippen LogP contribution in [0.25, 0.3) is 0 Å². The number of piperazine rings is 1. The van der Waals surface area contributed by atoms with Crippen LogP contribution in [0.4, 0.5) is 5.69 Å². The molecule has 2 amide bonds. The Morgan fingerprint density at radius 3 is 2.52 bits per heavy atom. The summed E-state index contributed by atoms with van der Waals surface area (Å²) in [6, 6.07) is 6.86. The number of carbonyl (C=O) groups excluding carboxylic acids is 2. The highest BCUT2D eigenvalue weighted by atomic mass is 127. The smallest absolute Gasteiger partial charge is 0.250 e. The van der Waals surface area contributed by atoms with E-state index in [1.54, 1.807) is 4.90 Å². The van der Waals surface area contributed by atoms with Gasteiger partial charge in [-0.05, 0) is 47.1 Å². The molecule has 4 nitrogen and oxygen atoms in total. The lowest BCUT2D eigenvalue weighted by Gasteiger charge is -2.40. The minimum Gasteiger partial charge on any atom is -0.342 e. The standard InChI is InChI=1S/C16H21IN2O2/c1-4-10(3)14-16(21)19(12(5-2)15(20)18-14)13-9-7-6-8-11(13)17/h6-10,12,14H,4-5H2,1-3H3,(H,18,20). The number of hydrogen-bond acceptors (Lipinski definition) is 2. The van der Waals surface area contributed by atoms with Crippen LogP contribution in [0.2, 0.25) is 0 Å². The van der Waals surface area contributed by atoms with E-state index < -0.39 is 12.1 Å². The van der Waals surface area contributed by atoms with Crippen molar-refractivity contribution in [1.29, 1.82) is 0 Å². The van der Waals surface area contributed by atoms with Crippen LogP contribution in [0.15, 0.2) is 24.3 Å². The zero-order valence-electron chi connectivity index (χ0n) is 12.6. The van der Waals surface area contributed by atoms with Crippen molar-refractivity contribution in [1.82, 2.24) is 5.32 Å². The largest absolute Gasteiger partial charge is 0.342 e. The first-order chi connectivity index (χ1) is 10.0. The summed E-state index contributed by atoms with van der Waals surface area (Å²) in [6.07, 6.45) is 1.46. The molecule has 1 fully saturated rings. The van der Waals surface area contributed by atoms with E-state index >= 15 is 0 Å². The molecule has 1 heterocycles. The van der Waals surface area contributed by atoms with E-state index in [-0.39, 0.29) is 17.7 Å². The van der Waals surface area contributed by atoms with Gasteiger partial charge in [0, 0.05) is 3.57 Å². The maximum absolute atomic E-state index is 12.9. The number of nitrogens with one attached hydrogen (secondary N) is 1. The molecular weight excluding hydrogens is 379 g/mol. The van der Waals surface area contributed by atoms with Crippen molar-refractivity contribution in [2.75, 3.05) is 4.90 Å². The van der Waals surface area contributed by atoms with Crippen molar-refractivity contribution in [2.45, 2.75) is 45.7 Å². The van der Waals surface area contributed by atoms with E-state index in [1.165, 1.54) is 0 Å². The van der Waals surface area contributed by atoms with Gasteiger partial charge in [0.05, 0.1) is 5.69 Å². The van der Waals surface area contributed by atoms with Gasteiger partial charge in [-0.1, -0.05) is 39.3 Å². The number of hydrogen-bond donors (Lipinski definition) is 1. The Morgan fingerprint density at radius 1 is 1.29 bits per heavy atom. The molecule has 5 heteroatoms. The van der Waals surface area contributed by atoms with Gasteiger partial charge in [-0.15, -0.1) is 0 Å². The molecule has 2 rings (SSSR count). The summed E-state index contributed by atoms with van der Waals surface area (Å²) < 4.78 is 0.986. The van der Waals surface area contributed by atoms with Gasteiger partial charge in [0.15, 0.2) is 0 Å². The molecule has 1 aliphatic rings. The minimum atomic E-state index is -0.429. The third-order valence-electron chi connectivity index (χ3n) is 4.13. The zero-order chi connectivity index (χ0) is 15.6. The summed E-state index contributed by atoms with van der Waals surface area (Å²) in [6.45, 7) is 5.97. The number of rotatable bonds is 4. The first-order valence-electron chi connectivity index (χ1n) is 7.39. The van der Waals surface area contributed by atoms with Crippen LogP contribution in [0.3, 0.4) is 0 Å². The van der Waals surface area contributed by atoms with Gasteiger partial charge < -0.3 is 5.32 Å². The molecule has 0 radical (unpaired) electrons. The van der Waals surface area contributed by atoms with E-state index in [0.717, 1.165) is 15.7 Å². The zero-order valence-corrected chi connectivity index (χ0v) is 14.8. The van der Waals surface area contributed by atoms with Crippen LogP contribution < -0.4 is 10.2 Å². The van der Waals surface area contributed by atoms with E-state index in [2.05, 4.69) is 27.9 Å². The van der Waals surface area contributed by atoms with Gasteiger partial charge in [-0.3, -0.25) is 14.5 Å². The molecule has 0 spiro atoms. The molecule has 1 saturated heterocycles. The summed E-state index contributed by atoms with van der Waals surface area (Å²) in [5, 5.41) is 2.90. The number of carbonyl (C=O) groups is 2. The normalized spacial score (nSPS) is 23.9. The van der Waals surface area contributed by atoms with E-state index in [0.29, 0.717) is 6.42 Å². The highest BCUT2D eigenvalue weighted by Gasteiger charge is 2.42. The predicted octanol–water partition coefficient (Wildman–Crippen LogP) is 2.95. The van der Waals surface area contributed by atoms with Gasteiger partial charge in [-0.2, -0.15) is 0 Å². The highest BCUT2D eigenvalue weighted by molar-refractivity contribution is 14.1. The Labute approximate surface area is 139 Å². The first kappa shape index (κ1) is 16.3. The molecule has 21 heavy (non-hydrogen) atoms. The molecule has 1 aromatic rings. The van der Waals surface area contributed by atoms with E-state index in [1.807, 2.05) is 45.0 Å². The summed E-state index contributed by atoms with van der Waals surface area (Å²) in [5.41, 5.74) is 0.832. The van der Waals surface area contributed by atoms with Crippen LogP contribution >= 0.6 is 22.6 Å². The fourth-order valence-corrected chi connectivity index (χ4v) is 3.30. The minimum absolute atomic E-state index is 0.0000778. The topological polar surface area (TPSA) is 49.4 Å². The average molecular weight is 400 g/mol. The summed E-state index contributed by atoms with van der Waals surface area (Å²) in [5.74, 6) is 0.0742. The highest BCUT2D eigenvalue weighted by Crippen LogP contribution is 2.29. The fraction of sp³-hybridized carbons (Fsp3) is 0.500. The summed E-state index contributed by atoms with van der Waals surface area (Å²) >= 11 is 2.21. The third kappa shape index (κ3) is 3.07. The maximum atomic E-state index is 12.9. The number of anilines is 1. The van der Waals surface area contributed by atoms with Crippen LogP contribution in [0, 0.1) is 9.49 Å². The maximum Gasteiger partial charge on any atom is 0.250 e. The lowest BCUT2D eigenvalue weighted by Crippen LogP contribution is -2.65. The Bertz CT molecular complexity index is 547. The molecule has 3 atom stereocenters. The fourth-order valence-electron chi connectivity index (χ4n) is 2.65. The second-order valence-corrected chi connectivity index (χ2v) is 6.62. The average Bonchev–Trinajstić information content (AvgIpc) is 2.49. The molecular formula is C16H21IN2O2. The number of nitrogens with zero attached hydrogens (tertiary/aromatic N) is 1.